The number of hydrogen-bond acceptors (Lipinski definition) is 3. The van der Waals surface area contributed by atoms with Crippen LogP contribution in [0.3, 0.4) is 0 Å². The van der Waals surface area contributed by atoms with Crippen molar-refractivity contribution in [2.45, 2.75) is 31.8 Å². The first-order chi connectivity index (χ1) is 13.8. The minimum atomic E-state index is 0.108. The van der Waals surface area contributed by atoms with Crippen LogP contribution in [-0.4, -0.2) is 39.5 Å². The highest BCUT2D eigenvalue weighted by Crippen LogP contribution is 2.14. The zero-order valence-corrected chi connectivity index (χ0v) is 16.0. The number of hydrogen-bond donors (Lipinski definition) is 1. The van der Waals surface area contributed by atoms with E-state index in [1.54, 1.807) is 0 Å². The van der Waals surface area contributed by atoms with Gasteiger partial charge in [0.05, 0.1) is 12.1 Å². The number of pyridine rings is 1. The maximum Gasteiger partial charge on any atom is 0.224 e. The number of carbonyl (C=O) groups is 1. The molecule has 1 aromatic carbocycles. The van der Waals surface area contributed by atoms with Crippen LogP contribution in [0.4, 0.5) is 0 Å². The maximum atomic E-state index is 12.4. The average molecular weight is 374 g/mol. The Morgan fingerprint density at radius 1 is 1.00 bits per heavy atom. The van der Waals surface area contributed by atoms with Gasteiger partial charge in [0.25, 0.3) is 0 Å². The molecule has 1 amide bonds. The van der Waals surface area contributed by atoms with Crippen LogP contribution in [0.2, 0.25) is 0 Å². The Hall–Kier alpha value is -2.92. The highest BCUT2D eigenvalue weighted by molar-refractivity contribution is 5.78. The van der Waals surface area contributed by atoms with Crippen molar-refractivity contribution in [2.75, 3.05) is 13.1 Å². The van der Waals surface area contributed by atoms with Crippen molar-refractivity contribution in [1.82, 2.24) is 19.8 Å². The summed E-state index contributed by atoms with van der Waals surface area (Å²) in [5, 5.41) is 3.21. The van der Waals surface area contributed by atoms with Crippen LogP contribution >= 0.6 is 0 Å². The fourth-order valence-electron chi connectivity index (χ4n) is 3.71. The normalized spacial score (nSPS) is 15.4. The largest absolute Gasteiger partial charge is 0.353 e. The fraction of sp³-hybridized carbons (Fsp3) is 0.304. The molecule has 1 fully saturated rings. The van der Waals surface area contributed by atoms with Crippen molar-refractivity contribution < 1.29 is 4.79 Å². The van der Waals surface area contributed by atoms with Gasteiger partial charge >= 0.3 is 0 Å². The lowest BCUT2D eigenvalue weighted by atomic mass is 10.0. The van der Waals surface area contributed by atoms with Gasteiger partial charge in [0.1, 0.15) is 0 Å². The Balaban J connectivity index is 1.22. The first-order valence-corrected chi connectivity index (χ1v) is 9.90. The average Bonchev–Trinajstić information content (AvgIpc) is 3.26. The zero-order chi connectivity index (χ0) is 19.2. The molecule has 0 spiro atoms. The van der Waals surface area contributed by atoms with E-state index in [0.29, 0.717) is 6.42 Å². The Morgan fingerprint density at radius 3 is 2.43 bits per heavy atom. The van der Waals surface area contributed by atoms with Gasteiger partial charge in [-0.15, -0.1) is 0 Å². The van der Waals surface area contributed by atoms with E-state index < -0.39 is 0 Å². The topological polar surface area (TPSA) is 50.2 Å². The van der Waals surface area contributed by atoms with E-state index in [0.717, 1.165) is 49.4 Å². The number of carbonyl (C=O) groups excluding carboxylic acids is 1. The van der Waals surface area contributed by atoms with Crippen molar-refractivity contribution in [3.63, 3.8) is 0 Å². The molecule has 5 heteroatoms. The van der Waals surface area contributed by atoms with Crippen molar-refractivity contribution in [1.29, 1.82) is 0 Å². The molecule has 144 valence electrons. The molecule has 2 aromatic heterocycles. The van der Waals surface area contributed by atoms with E-state index in [1.807, 2.05) is 55.0 Å². The second kappa shape index (κ2) is 8.85. The minimum Gasteiger partial charge on any atom is -0.353 e. The summed E-state index contributed by atoms with van der Waals surface area (Å²) in [7, 11) is 0. The molecule has 0 aliphatic carbocycles. The van der Waals surface area contributed by atoms with Gasteiger partial charge < -0.3 is 9.88 Å². The molecule has 0 radical (unpaired) electrons. The minimum absolute atomic E-state index is 0.108. The van der Waals surface area contributed by atoms with Crippen LogP contribution in [0.1, 0.15) is 24.1 Å². The predicted molar refractivity (Wildman–Crippen MR) is 110 cm³/mol. The second-order valence-electron chi connectivity index (χ2n) is 7.37. The SMILES string of the molecule is O=C(Cc1ccc(-n2cccc2)cc1)NC1CCN(Cc2ccccn2)CC1. The number of nitrogens with zero attached hydrogens (tertiary/aromatic N) is 3. The predicted octanol–water partition coefficient (Wildman–Crippen LogP) is 3.20. The van der Waals surface area contributed by atoms with Crippen molar-refractivity contribution >= 4 is 5.91 Å². The van der Waals surface area contributed by atoms with Crippen LogP contribution in [0.15, 0.2) is 73.2 Å². The first kappa shape index (κ1) is 18.4. The Labute approximate surface area is 166 Å². The van der Waals surface area contributed by atoms with Crippen molar-refractivity contribution in [3.8, 4) is 5.69 Å². The zero-order valence-electron chi connectivity index (χ0n) is 16.0. The number of aromatic nitrogens is 2. The number of amides is 1. The van der Waals surface area contributed by atoms with Crippen LogP contribution < -0.4 is 5.32 Å². The first-order valence-electron chi connectivity index (χ1n) is 9.90. The lowest BCUT2D eigenvalue weighted by molar-refractivity contribution is -0.121. The van der Waals surface area contributed by atoms with Crippen molar-refractivity contribution in [2.24, 2.45) is 0 Å². The molecule has 0 bridgehead atoms. The quantitative estimate of drug-likeness (QED) is 0.721. The molecular formula is C23H26N4O. The molecule has 1 aliphatic heterocycles. The monoisotopic (exact) mass is 374 g/mol. The molecule has 0 saturated carbocycles. The second-order valence-corrected chi connectivity index (χ2v) is 7.37. The lowest BCUT2D eigenvalue weighted by Gasteiger charge is -2.32. The molecular weight excluding hydrogens is 348 g/mol. The molecule has 0 atom stereocenters. The summed E-state index contributed by atoms with van der Waals surface area (Å²) < 4.78 is 2.06. The summed E-state index contributed by atoms with van der Waals surface area (Å²) >= 11 is 0. The Bertz CT molecular complexity index is 867. The van der Waals surface area contributed by atoms with Crippen LogP contribution in [0.25, 0.3) is 5.69 Å². The molecule has 1 saturated heterocycles. The number of likely N-dealkylation sites (tertiary alicyclic amines) is 1. The van der Waals surface area contributed by atoms with Gasteiger partial charge in [-0.05, 0) is 54.8 Å². The number of nitrogens with one attached hydrogen (secondary N) is 1. The Morgan fingerprint density at radius 2 is 1.75 bits per heavy atom. The summed E-state index contributed by atoms with van der Waals surface area (Å²) in [4.78, 5) is 19.2. The van der Waals surface area contributed by atoms with Crippen LogP contribution in [0.5, 0.6) is 0 Å². The third kappa shape index (κ3) is 4.87. The van der Waals surface area contributed by atoms with E-state index in [9.17, 15) is 4.79 Å². The van der Waals surface area contributed by atoms with Gasteiger partial charge in [0.15, 0.2) is 0 Å². The van der Waals surface area contributed by atoms with Gasteiger partial charge in [0, 0.05) is 50.0 Å². The number of rotatable bonds is 6. The standard InChI is InChI=1S/C23H26N4O/c28-23(17-19-6-8-22(9-7-19)27-13-3-4-14-27)25-20-10-15-26(16-11-20)18-21-5-1-2-12-24-21/h1-9,12-14,20H,10-11,15-18H2,(H,25,28). The molecule has 3 heterocycles. The van der Waals surface area contributed by atoms with Gasteiger partial charge in [0.2, 0.25) is 5.91 Å². The van der Waals surface area contributed by atoms with Gasteiger partial charge in [-0.2, -0.15) is 0 Å². The number of benzene rings is 1. The van der Waals surface area contributed by atoms with E-state index in [-0.39, 0.29) is 11.9 Å². The van der Waals surface area contributed by atoms with Gasteiger partial charge in [-0.25, -0.2) is 0 Å². The molecule has 28 heavy (non-hydrogen) atoms. The van der Waals surface area contributed by atoms with Crippen LogP contribution in [-0.2, 0) is 17.8 Å². The maximum absolute atomic E-state index is 12.4. The molecule has 1 N–H and O–H groups in total. The summed E-state index contributed by atoms with van der Waals surface area (Å²) in [6.45, 7) is 2.87. The third-order valence-electron chi connectivity index (χ3n) is 5.27. The molecule has 0 unspecified atom stereocenters. The summed E-state index contributed by atoms with van der Waals surface area (Å²) in [5.74, 6) is 0.108. The highest BCUT2D eigenvalue weighted by Gasteiger charge is 2.21. The van der Waals surface area contributed by atoms with Crippen molar-refractivity contribution in [3.05, 3.63) is 84.4 Å². The van der Waals surface area contributed by atoms with E-state index in [1.165, 1.54) is 0 Å². The van der Waals surface area contributed by atoms with E-state index in [2.05, 4.69) is 38.0 Å². The molecule has 5 nitrogen and oxygen atoms in total. The van der Waals surface area contributed by atoms with E-state index >= 15 is 0 Å². The Kier molecular flexibility index (Phi) is 5.83. The summed E-state index contributed by atoms with van der Waals surface area (Å²) in [5.41, 5.74) is 3.25. The number of piperidine rings is 1. The van der Waals surface area contributed by atoms with Gasteiger partial charge in [-0.3, -0.25) is 14.7 Å². The summed E-state index contributed by atoms with van der Waals surface area (Å²) in [6, 6.07) is 18.5. The molecule has 3 aromatic rings. The highest BCUT2D eigenvalue weighted by atomic mass is 16.1. The molecule has 4 rings (SSSR count). The smallest absolute Gasteiger partial charge is 0.224 e. The fourth-order valence-corrected chi connectivity index (χ4v) is 3.71. The third-order valence-corrected chi connectivity index (χ3v) is 5.27. The molecule has 1 aliphatic rings. The lowest BCUT2D eigenvalue weighted by Crippen LogP contribution is -2.44. The van der Waals surface area contributed by atoms with Gasteiger partial charge in [-0.1, -0.05) is 18.2 Å². The summed E-state index contributed by atoms with van der Waals surface area (Å²) in [6.07, 6.45) is 8.29. The van der Waals surface area contributed by atoms with Crippen LogP contribution in [0, 0.1) is 0 Å². The van der Waals surface area contributed by atoms with E-state index in [4.69, 9.17) is 0 Å².